The van der Waals surface area contributed by atoms with Crippen molar-refractivity contribution in [3.05, 3.63) is 53.3 Å². The van der Waals surface area contributed by atoms with Gasteiger partial charge in [-0.2, -0.15) is 0 Å². The SMILES string of the molecule is Cc1cccc(Oc2cc(C(N)=O)ccc2N)c1F. The van der Waals surface area contributed by atoms with Gasteiger partial charge in [-0.05, 0) is 36.8 Å². The molecule has 0 saturated carbocycles. The minimum absolute atomic E-state index is 0.0494. The Balaban J connectivity index is 2.40. The fourth-order valence-corrected chi connectivity index (χ4v) is 1.59. The first-order valence-corrected chi connectivity index (χ1v) is 5.61. The highest BCUT2D eigenvalue weighted by Gasteiger charge is 2.11. The van der Waals surface area contributed by atoms with Gasteiger partial charge in [0.05, 0.1) is 5.69 Å². The Bertz CT molecular complexity index is 641. The summed E-state index contributed by atoms with van der Waals surface area (Å²) in [5.41, 5.74) is 11.9. The Kier molecular flexibility index (Phi) is 3.37. The molecule has 2 aromatic rings. The van der Waals surface area contributed by atoms with Gasteiger partial charge in [0.2, 0.25) is 5.91 Å². The molecular weight excluding hydrogens is 247 g/mol. The average Bonchev–Trinajstić information content (AvgIpc) is 2.37. The van der Waals surface area contributed by atoms with Crippen molar-refractivity contribution < 1.29 is 13.9 Å². The van der Waals surface area contributed by atoms with Gasteiger partial charge in [0.25, 0.3) is 0 Å². The number of amides is 1. The lowest BCUT2D eigenvalue weighted by Gasteiger charge is -2.11. The van der Waals surface area contributed by atoms with E-state index in [2.05, 4.69) is 0 Å². The molecule has 4 N–H and O–H groups in total. The van der Waals surface area contributed by atoms with E-state index in [1.807, 2.05) is 0 Å². The molecule has 0 aliphatic carbocycles. The van der Waals surface area contributed by atoms with Crippen LogP contribution in [0, 0.1) is 12.7 Å². The van der Waals surface area contributed by atoms with E-state index in [9.17, 15) is 9.18 Å². The number of hydrogen-bond acceptors (Lipinski definition) is 3. The maximum Gasteiger partial charge on any atom is 0.248 e. The molecule has 0 aliphatic rings. The molecule has 2 aromatic carbocycles. The Labute approximate surface area is 109 Å². The molecule has 0 unspecified atom stereocenters. The van der Waals surface area contributed by atoms with Crippen molar-refractivity contribution in [3.8, 4) is 11.5 Å². The summed E-state index contributed by atoms with van der Waals surface area (Å²) in [6, 6.07) is 9.14. The van der Waals surface area contributed by atoms with Crippen LogP contribution in [0.25, 0.3) is 0 Å². The first-order valence-electron chi connectivity index (χ1n) is 5.61. The number of benzene rings is 2. The Hall–Kier alpha value is -2.56. The highest BCUT2D eigenvalue weighted by molar-refractivity contribution is 5.93. The normalized spacial score (nSPS) is 10.2. The summed E-state index contributed by atoms with van der Waals surface area (Å²) in [5, 5.41) is 0. The molecule has 4 nitrogen and oxygen atoms in total. The van der Waals surface area contributed by atoms with Crippen molar-refractivity contribution in [2.45, 2.75) is 6.92 Å². The summed E-state index contributed by atoms with van der Waals surface area (Å²) in [4.78, 5) is 11.1. The third-order valence-electron chi connectivity index (χ3n) is 2.67. The van der Waals surface area contributed by atoms with Crippen molar-refractivity contribution in [2.75, 3.05) is 5.73 Å². The lowest BCUT2D eigenvalue weighted by molar-refractivity contribution is 0.1000. The van der Waals surface area contributed by atoms with E-state index >= 15 is 0 Å². The third-order valence-corrected chi connectivity index (χ3v) is 2.67. The van der Waals surface area contributed by atoms with Gasteiger partial charge in [-0.1, -0.05) is 12.1 Å². The minimum Gasteiger partial charge on any atom is -0.452 e. The predicted molar refractivity (Wildman–Crippen MR) is 70.6 cm³/mol. The van der Waals surface area contributed by atoms with Crippen LogP contribution in [0.1, 0.15) is 15.9 Å². The lowest BCUT2D eigenvalue weighted by Crippen LogP contribution is -2.11. The van der Waals surface area contributed by atoms with Crippen molar-refractivity contribution in [1.82, 2.24) is 0 Å². The van der Waals surface area contributed by atoms with Gasteiger partial charge >= 0.3 is 0 Å². The number of primary amides is 1. The van der Waals surface area contributed by atoms with Gasteiger partial charge in [-0.3, -0.25) is 4.79 Å². The zero-order chi connectivity index (χ0) is 14.0. The van der Waals surface area contributed by atoms with Gasteiger partial charge in [-0.15, -0.1) is 0 Å². The number of nitrogens with two attached hydrogens (primary N) is 2. The first-order chi connectivity index (χ1) is 8.99. The van der Waals surface area contributed by atoms with Gasteiger partial charge in [0.1, 0.15) is 0 Å². The molecule has 1 amide bonds. The van der Waals surface area contributed by atoms with Crippen LogP contribution in [0.15, 0.2) is 36.4 Å². The summed E-state index contributed by atoms with van der Waals surface area (Å²) in [6.07, 6.45) is 0. The van der Waals surface area contributed by atoms with Crippen molar-refractivity contribution in [3.63, 3.8) is 0 Å². The van der Waals surface area contributed by atoms with E-state index in [1.165, 1.54) is 24.3 Å². The second-order valence-electron chi connectivity index (χ2n) is 4.11. The van der Waals surface area contributed by atoms with Crippen molar-refractivity contribution in [1.29, 1.82) is 0 Å². The van der Waals surface area contributed by atoms with E-state index < -0.39 is 11.7 Å². The zero-order valence-corrected chi connectivity index (χ0v) is 10.3. The Morgan fingerprint density at radius 2 is 1.95 bits per heavy atom. The standard InChI is InChI=1S/C14H13FN2O2/c1-8-3-2-4-11(13(8)15)19-12-7-9(14(17)18)5-6-10(12)16/h2-7H,16H2,1H3,(H2,17,18). The number of aryl methyl sites for hydroxylation is 1. The van der Waals surface area contributed by atoms with Crippen LogP contribution < -0.4 is 16.2 Å². The number of halogens is 1. The van der Waals surface area contributed by atoms with Crippen molar-refractivity contribution >= 4 is 11.6 Å². The molecule has 5 heteroatoms. The highest BCUT2D eigenvalue weighted by Crippen LogP contribution is 2.30. The summed E-state index contributed by atoms with van der Waals surface area (Å²) >= 11 is 0. The molecule has 0 aromatic heterocycles. The average molecular weight is 260 g/mol. The molecule has 0 heterocycles. The largest absolute Gasteiger partial charge is 0.452 e. The molecule has 19 heavy (non-hydrogen) atoms. The molecule has 0 fully saturated rings. The van der Waals surface area contributed by atoms with Crippen LogP contribution in [0.5, 0.6) is 11.5 Å². The predicted octanol–water partition coefficient (Wildman–Crippen LogP) is 2.61. The monoisotopic (exact) mass is 260 g/mol. The first kappa shape index (κ1) is 12.9. The third kappa shape index (κ3) is 2.65. The lowest BCUT2D eigenvalue weighted by atomic mass is 10.2. The smallest absolute Gasteiger partial charge is 0.248 e. The van der Waals surface area contributed by atoms with Crippen LogP contribution in [-0.4, -0.2) is 5.91 Å². The molecule has 0 saturated heterocycles. The van der Waals surface area contributed by atoms with E-state index in [0.29, 0.717) is 11.3 Å². The molecule has 98 valence electrons. The maximum absolute atomic E-state index is 13.8. The molecule has 0 aliphatic heterocycles. The van der Waals surface area contributed by atoms with Crippen LogP contribution in [0.4, 0.5) is 10.1 Å². The molecular formula is C14H13FN2O2. The molecule has 0 spiro atoms. The maximum atomic E-state index is 13.8. The molecule has 2 rings (SSSR count). The van der Waals surface area contributed by atoms with Gasteiger partial charge < -0.3 is 16.2 Å². The van der Waals surface area contributed by atoms with Gasteiger partial charge in [0, 0.05) is 5.56 Å². The fourth-order valence-electron chi connectivity index (χ4n) is 1.59. The summed E-state index contributed by atoms with van der Waals surface area (Å²) in [6.45, 7) is 1.63. The molecule has 0 atom stereocenters. The number of anilines is 1. The zero-order valence-electron chi connectivity index (χ0n) is 10.3. The fraction of sp³-hybridized carbons (Fsp3) is 0.0714. The highest BCUT2D eigenvalue weighted by atomic mass is 19.1. The number of rotatable bonds is 3. The minimum atomic E-state index is -0.602. The number of ether oxygens (including phenoxy) is 1. The number of nitrogen functional groups attached to an aromatic ring is 1. The van der Waals surface area contributed by atoms with Crippen molar-refractivity contribution in [2.24, 2.45) is 5.73 Å². The van der Waals surface area contributed by atoms with Crippen LogP contribution in [0.3, 0.4) is 0 Å². The molecule has 0 bridgehead atoms. The topological polar surface area (TPSA) is 78.3 Å². The number of carbonyl (C=O) groups is 1. The summed E-state index contributed by atoms with van der Waals surface area (Å²) in [5.74, 6) is -0.824. The van der Waals surface area contributed by atoms with Crippen LogP contribution in [-0.2, 0) is 0 Å². The summed E-state index contributed by atoms with van der Waals surface area (Å²) in [7, 11) is 0. The van der Waals surface area contributed by atoms with Gasteiger partial charge in [-0.25, -0.2) is 4.39 Å². The summed E-state index contributed by atoms with van der Waals surface area (Å²) < 4.78 is 19.2. The van der Waals surface area contributed by atoms with E-state index in [4.69, 9.17) is 16.2 Å². The Morgan fingerprint density at radius 3 is 2.63 bits per heavy atom. The number of hydrogen-bond donors (Lipinski definition) is 2. The second-order valence-corrected chi connectivity index (χ2v) is 4.11. The quantitative estimate of drug-likeness (QED) is 0.832. The van der Waals surface area contributed by atoms with Crippen LogP contribution >= 0.6 is 0 Å². The number of carbonyl (C=O) groups excluding carboxylic acids is 1. The van der Waals surface area contributed by atoms with Crippen LogP contribution in [0.2, 0.25) is 0 Å². The van der Waals surface area contributed by atoms with E-state index in [-0.39, 0.29) is 17.1 Å². The van der Waals surface area contributed by atoms with E-state index in [0.717, 1.165) is 0 Å². The Morgan fingerprint density at radius 1 is 1.21 bits per heavy atom. The molecule has 0 radical (unpaired) electrons. The second kappa shape index (κ2) is 4.97. The van der Waals surface area contributed by atoms with E-state index in [1.54, 1.807) is 19.1 Å². The van der Waals surface area contributed by atoms with Gasteiger partial charge in [0.15, 0.2) is 17.3 Å².